The molecule has 0 aromatic heterocycles. The summed E-state index contributed by atoms with van der Waals surface area (Å²) in [4.78, 5) is 20.7. The van der Waals surface area contributed by atoms with Crippen molar-refractivity contribution in [2.45, 2.75) is 278 Å². The summed E-state index contributed by atoms with van der Waals surface area (Å²) in [5.74, 6) is -1.72. The Morgan fingerprint density at radius 2 is 0.606 bits per heavy atom. The molecule has 6 aromatic rings. The van der Waals surface area contributed by atoms with Gasteiger partial charge in [-0.2, -0.15) is 26.9 Å². The lowest BCUT2D eigenvalue weighted by Crippen LogP contribution is -2.35. The monoisotopic (exact) mass is 1790 g/mol. The summed E-state index contributed by atoms with van der Waals surface area (Å²) in [6.07, 6.45) is -8.54. The molecule has 25 nitrogen and oxygen atoms in total. The van der Waals surface area contributed by atoms with Gasteiger partial charge in [0.05, 0.1) is 18.7 Å². The van der Waals surface area contributed by atoms with Gasteiger partial charge in [-0.25, -0.2) is 37.5 Å². The molecular formula is C93H153F9N24O. The van der Waals surface area contributed by atoms with E-state index in [1.165, 1.54) is 50.1 Å². The van der Waals surface area contributed by atoms with Crippen molar-refractivity contribution < 1.29 is 44.6 Å². The van der Waals surface area contributed by atoms with Crippen LogP contribution in [-0.4, -0.2) is 143 Å². The van der Waals surface area contributed by atoms with Crippen LogP contribution >= 0.6 is 0 Å². The van der Waals surface area contributed by atoms with Crippen molar-refractivity contribution in [1.29, 1.82) is 0 Å². The molecular weight excluding hydrogens is 1640 g/mol. The zero-order valence-corrected chi connectivity index (χ0v) is 78.2. The van der Waals surface area contributed by atoms with Crippen molar-refractivity contribution in [2.24, 2.45) is 98.8 Å². The maximum absolute atomic E-state index is 13.2. The molecule has 0 bridgehead atoms. The van der Waals surface area contributed by atoms with Gasteiger partial charge in [-0.05, 0) is 138 Å². The molecule has 31 N–H and O–H groups in total. The molecule has 0 aliphatic carbocycles. The van der Waals surface area contributed by atoms with Gasteiger partial charge in [0.25, 0.3) is 6.43 Å². The molecule has 5 unspecified atom stereocenters. The van der Waals surface area contributed by atoms with Gasteiger partial charge in [0.15, 0.2) is 48.1 Å². The van der Waals surface area contributed by atoms with E-state index in [0.717, 1.165) is 23.2 Å². The Kier molecular flexibility index (Phi) is 51.1. The molecule has 127 heavy (non-hydrogen) atoms. The van der Waals surface area contributed by atoms with Crippen LogP contribution in [0, 0.1) is 0 Å². The number of guanidine groups is 6. The standard InChI is InChI=1S/C16H25F3N4.C16H26F2N4.C16H27FN4.C15H24F2N4.C15H25FN4.C15H26N4O/c1-15(2,3)12-6-4-11(5-7-12)10-22-9-8-13(16(17,18)19)23-14(20)21;1-16(2,3)12-6-4-11(5-7-12)10-21-9-8-13(14(17)18)22-15(19)20;1-16(2,3)13-6-4-12(5-7-13)11-20-9-8-14(10-17)21-15(18)19;1-14(2,3)12-6-4-11(5-7-12)10-20-9-8-15(16,17)21-13(18)19;1-15(2,3)12-6-4-11(5-7-12)10-19-9-8-13(16)20-14(17)18;1-15(2,3)12-6-4-11(5-7-12)8-18-9-13(20)10-19-14(16)17/h4-7,13,22H,8-10H2,1-3H3,(H4,20,21,23);4-7,13-14,21H,8-10H2,1-3H3,(H4,19,20,22);4-7,14,20H,8-11H2,1-3H3,(H4,18,19,21);4-7,20H,8-10H2,1-3H3,(H4,18,19,21);4-7,13,19H,8-10H2,1-3H3,(H4,17,18,20);4-7,13,18,20H,8-10H2,1-3H3,(H4,16,17,19). The summed E-state index contributed by atoms with van der Waals surface area (Å²) < 4.78 is 116. The average Bonchev–Trinajstić information content (AvgIpc) is 1.17. The van der Waals surface area contributed by atoms with Crippen molar-refractivity contribution in [2.75, 3.05) is 52.5 Å². The van der Waals surface area contributed by atoms with Crippen molar-refractivity contribution in [1.82, 2.24) is 31.9 Å². The largest absolute Gasteiger partial charge is 0.410 e. The molecule has 0 aliphatic rings. The number of rotatable bonds is 38. The Labute approximate surface area is 750 Å². The predicted octanol–water partition coefficient (Wildman–Crippen LogP) is 12.2. The molecule has 0 saturated heterocycles. The summed E-state index contributed by atoms with van der Waals surface area (Å²) in [7, 11) is 0. The van der Waals surface area contributed by atoms with Crippen LogP contribution in [0.2, 0.25) is 0 Å². The number of aliphatic imine (C=N–C) groups is 6. The van der Waals surface area contributed by atoms with Crippen molar-refractivity contribution in [3.05, 3.63) is 212 Å². The van der Waals surface area contributed by atoms with Crippen LogP contribution in [0.4, 0.5) is 39.5 Å². The molecule has 0 fully saturated rings. The molecule has 714 valence electrons. The number of halogens is 9. The number of alkyl halides is 9. The molecule has 6 rings (SSSR count). The van der Waals surface area contributed by atoms with E-state index in [-0.39, 0.29) is 95.2 Å². The Morgan fingerprint density at radius 3 is 0.866 bits per heavy atom. The lowest BCUT2D eigenvalue weighted by Gasteiger charge is -2.19. The Bertz CT molecular complexity index is 4160. The highest BCUT2D eigenvalue weighted by molar-refractivity contribution is 5.77. The fourth-order valence-electron chi connectivity index (χ4n) is 11.6. The Hall–Kier alpha value is -9.97. The van der Waals surface area contributed by atoms with Crippen molar-refractivity contribution in [3.63, 3.8) is 0 Å². The van der Waals surface area contributed by atoms with Crippen LogP contribution in [0.1, 0.15) is 223 Å². The third kappa shape index (κ3) is 54.7. The second kappa shape index (κ2) is 56.4. The number of nitrogens with one attached hydrogen (secondary N) is 6. The van der Waals surface area contributed by atoms with Crippen LogP contribution in [-0.2, 0) is 71.8 Å². The van der Waals surface area contributed by atoms with E-state index in [1.807, 2.05) is 48.5 Å². The van der Waals surface area contributed by atoms with Gasteiger partial charge in [-0.15, -0.1) is 0 Å². The van der Waals surface area contributed by atoms with Gasteiger partial charge in [0.1, 0.15) is 12.7 Å². The van der Waals surface area contributed by atoms with Crippen LogP contribution in [0.5, 0.6) is 0 Å². The molecule has 0 amide bonds. The summed E-state index contributed by atoms with van der Waals surface area (Å²) in [5.41, 5.74) is 76.6. The smallest absolute Gasteiger partial charge is 0.390 e. The van der Waals surface area contributed by atoms with Crippen LogP contribution in [0.25, 0.3) is 0 Å². The third-order valence-corrected chi connectivity index (χ3v) is 19.2. The zero-order chi connectivity index (χ0) is 96.7. The van der Waals surface area contributed by atoms with E-state index in [9.17, 15) is 44.6 Å². The quantitative estimate of drug-likeness (QED) is 0.00563. The molecule has 6 aromatic carbocycles. The van der Waals surface area contributed by atoms with E-state index in [2.05, 4.69) is 284 Å². The second-order valence-electron chi connectivity index (χ2n) is 37.1. The molecule has 0 spiro atoms. The van der Waals surface area contributed by atoms with Crippen LogP contribution in [0.15, 0.2) is 176 Å². The fourth-order valence-corrected chi connectivity index (χ4v) is 11.6. The van der Waals surface area contributed by atoms with Gasteiger partial charge >= 0.3 is 12.2 Å². The SMILES string of the molecule is CC(C)(C)c1ccc(CNCC(O)CN=C(N)N)cc1.CC(C)(C)c1ccc(CNCCC(CF)N=C(N)N)cc1.CC(C)(C)c1ccc(CNCCC(F)(F)N=C(N)N)cc1.CC(C)(C)c1ccc(CNCCC(F)N=C(N)N)cc1.CC(C)(C)c1ccc(CNCCC(N=C(N)N)C(F)(F)F)cc1.CC(C)(C)c1ccc(CNCCC(N=C(N)N)C(F)F)cc1. The number of benzene rings is 6. The summed E-state index contributed by atoms with van der Waals surface area (Å²) in [6.45, 7) is 44.9. The predicted molar refractivity (Wildman–Crippen MR) is 509 cm³/mol. The van der Waals surface area contributed by atoms with Crippen LogP contribution < -0.4 is 101 Å². The molecule has 0 radical (unpaired) electrons. The lowest BCUT2D eigenvalue weighted by molar-refractivity contribution is -0.147. The lowest BCUT2D eigenvalue weighted by atomic mass is 9.87. The minimum Gasteiger partial charge on any atom is -0.390 e. The number of aliphatic hydroxyl groups is 1. The Balaban J connectivity index is 0.000000762. The number of nitrogens with zero attached hydrogens (tertiary/aromatic N) is 6. The van der Waals surface area contributed by atoms with Gasteiger partial charge in [-0.1, -0.05) is 270 Å². The summed E-state index contributed by atoms with van der Waals surface area (Å²) >= 11 is 0. The normalized spacial score (nSPS) is 13.0. The summed E-state index contributed by atoms with van der Waals surface area (Å²) in [5, 5.41) is 28.4. The number of nitrogens with two attached hydrogens (primary N) is 12. The first kappa shape index (κ1) is 115. The first-order valence-corrected chi connectivity index (χ1v) is 42.6. The van der Waals surface area contributed by atoms with Crippen molar-refractivity contribution >= 4 is 35.8 Å². The molecule has 0 aliphatic heterocycles. The number of hydrogen-bond acceptors (Lipinski definition) is 13. The summed E-state index contributed by atoms with van der Waals surface area (Å²) in [6, 6.07) is 43.3. The highest BCUT2D eigenvalue weighted by Gasteiger charge is 2.39. The minimum absolute atomic E-state index is 0.00168. The van der Waals surface area contributed by atoms with E-state index in [0.29, 0.717) is 65.3 Å². The topological polar surface area (TPSA) is 479 Å². The molecule has 0 saturated carbocycles. The number of hydrogen-bond donors (Lipinski definition) is 19. The Morgan fingerprint density at radius 1 is 0.331 bits per heavy atom. The zero-order valence-electron chi connectivity index (χ0n) is 78.2. The third-order valence-electron chi connectivity index (χ3n) is 19.2. The van der Waals surface area contributed by atoms with Gasteiger partial charge < -0.3 is 106 Å². The van der Waals surface area contributed by atoms with Gasteiger partial charge in [0, 0.05) is 71.7 Å². The van der Waals surface area contributed by atoms with E-state index in [1.54, 1.807) is 0 Å². The highest BCUT2D eigenvalue weighted by atomic mass is 19.4. The van der Waals surface area contributed by atoms with Gasteiger partial charge in [0.2, 0.25) is 0 Å². The average molecular weight is 1790 g/mol. The minimum atomic E-state index is -4.44. The first-order chi connectivity index (χ1) is 58.7. The van der Waals surface area contributed by atoms with Crippen LogP contribution in [0.3, 0.4) is 0 Å². The maximum atomic E-state index is 13.2. The molecule has 0 heterocycles. The highest BCUT2D eigenvalue weighted by Crippen LogP contribution is 2.29. The maximum Gasteiger partial charge on any atom is 0.410 e. The first-order valence-electron chi connectivity index (χ1n) is 42.6. The van der Waals surface area contributed by atoms with Crippen molar-refractivity contribution in [3.8, 4) is 0 Å². The van der Waals surface area contributed by atoms with E-state index < -0.39 is 74.2 Å². The molecule has 5 atom stereocenters. The van der Waals surface area contributed by atoms with E-state index in [4.69, 9.17) is 68.8 Å². The molecule has 34 heteroatoms. The second-order valence-corrected chi connectivity index (χ2v) is 37.1. The number of aliphatic hydroxyl groups excluding tert-OH is 1. The fraction of sp³-hybridized carbons (Fsp3) is 0.548. The van der Waals surface area contributed by atoms with Gasteiger partial charge in [-0.3, -0.25) is 4.99 Å². The van der Waals surface area contributed by atoms with E-state index >= 15 is 0 Å².